The van der Waals surface area contributed by atoms with Gasteiger partial charge in [-0.2, -0.15) is 0 Å². The van der Waals surface area contributed by atoms with Gasteiger partial charge < -0.3 is 4.43 Å². The van der Waals surface area contributed by atoms with Crippen molar-refractivity contribution in [1.29, 1.82) is 0 Å². The van der Waals surface area contributed by atoms with Crippen molar-refractivity contribution in [1.82, 2.24) is 0 Å². The molecule has 0 N–H and O–H groups in total. The Hall–Kier alpha value is 0.394. The maximum Gasteiger partial charge on any atom is 0.204 e. The smallest absolute Gasteiger partial charge is 0.204 e. The zero-order valence-electron chi connectivity index (χ0n) is 7.12. The quantitative estimate of drug-likeness (QED) is 0.576. The molecule has 0 aliphatic rings. The summed E-state index contributed by atoms with van der Waals surface area (Å²) < 4.78 is 5.57. The van der Waals surface area contributed by atoms with Crippen molar-refractivity contribution in [2.24, 2.45) is 0 Å². The fourth-order valence-electron chi connectivity index (χ4n) is 0.361. The number of hydrogen-bond donors (Lipinski definition) is 0. The molecule has 0 aliphatic heterocycles. The molecule has 0 aromatic rings. The summed E-state index contributed by atoms with van der Waals surface area (Å²) in [7, 11) is -1.35. The minimum atomic E-state index is -0.917. The Morgan fingerprint density at radius 1 is 1.22 bits per heavy atom. The highest BCUT2D eigenvalue weighted by atomic mass is 28.3. The summed E-state index contributed by atoms with van der Waals surface area (Å²) >= 11 is 0. The van der Waals surface area contributed by atoms with Crippen LogP contribution in [-0.4, -0.2) is 23.3 Å². The van der Waals surface area contributed by atoms with Gasteiger partial charge in [-0.05, 0) is 13.1 Å². The van der Waals surface area contributed by atoms with Gasteiger partial charge in [0.25, 0.3) is 0 Å². The van der Waals surface area contributed by atoms with E-state index in [0.717, 1.165) is 6.23 Å². The molecule has 1 radical (unpaired) electrons. The van der Waals surface area contributed by atoms with Crippen molar-refractivity contribution in [3.63, 3.8) is 0 Å². The first-order valence-corrected chi connectivity index (χ1v) is 9.46. The van der Waals surface area contributed by atoms with E-state index in [0.29, 0.717) is 0 Å². The van der Waals surface area contributed by atoms with E-state index >= 15 is 0 Å². The van der Waals surface area contributed by atoms with Crippen LogP contribution < -0.4 is 0 Å². The van der Waals surface area contributed by atoms with Gasteiger partial charge in [0.2, 0.25) is 9.04 Å². The molecule has 0 saturated carbocycles. The zero-order valence-corrected chi connectivity index (χ0v) is 9.12. The molecule has 1 nitrogen and oxygen atoms in total. The minimum Gasteiger partial charge on any atom is -0.420 e. The fourth-order valence-corrected chi connectivity index (χ4v) is 3.25. The first-order valence-electron chi connectivity index (χ1n) is 3.35. The Bertz CT molecular complexity index is 75.6. The van der Waals surface area contributed by atoms with Crippen LogP contribution in [0, 0.1) is 0 Å². The minimum absolute atomic E-state index is 0.433. The lowest BCUT2D eigenvalue weighted by atomic mass is 11.7. The predicted octanol–water partition coefficient (Wildman–Crippen LogP) is 2.13. The van der Waals surface area contributed by atoms with E-state index in [1.54, 1.807) is 0 Å². The second kappa shape index (κ2) is 3.53. The van der Waals surface area contributed by atoms with Gasteiger partial charge in [0, 0.05) is 6.23 Å². The van der Waals surface area contributed by atoms with Crippen LogP contribution in [0.5, 0.6) is 0 Å². The summed E-state index contributed by atoms with van der Waals surface area (Å²) in [6.07, 6.45) is 1.04. The van der Waals surface area contributed by atoms with Crippen LogP contribution >= 0.6 is 0 Å². The summed E-state index contributed by atoms with van der Waals surface area (Å²) in [6.45, 7) is 11.4. The summed E-state index contributed by atoms with van der Waals surface area (Å²) in [5, 5.41) is 0. The first-order chi connectivity index (χ1) is 3.92. The van der Waals surface area contributed by atoms with Crippen LogP contribution in [0.2, 0.25) is 32.7 Å². The van der Waals surface area contributed by atoms with Crippen LogP contribution in [0.25, 0.3) is 0 Å². The van der Waals surface area contributed by atoms with Gasteiger partial charge >= 0.3 is 0 Å². The SMILES string of the molecule is C[Si](C)OC[Si](C)(C)C. The van der Waals surface area contributed by atoms with Crippen LogP contribution in [-0.2, 0) is 4.43 Å². The summed E-state index contributed by atoms with van der Waals surface area (Å²) in [5.41, 5.74) is 0. The molecule has 0 bridgehead atoms. The van der Waals surface area contributed by atoms with Gasteiger partial charge in [-0.3, -0.25) is 0 Å². The lowest BCUT2D eigenvalue weighted by Crippen LogP contribution is -2.30. The fraction of sp³-hybridized carbons (Fsp3) is 1.00. The van der Waals surface area contributed by atoms with E-state index < -0.39 is 17.1 Å². The van der Waals surface area contributed by atoms with Crippen LogP contribution in [0.4, 0.5) is 0 Å². The highest BCUT2D eigenvalue weighted by Crippen LogP contribution is 2.01. The molecule has 3 heteroatoms. The molecule has 55 valence electrons. The summed E-state index contributed by atoms with van der Waals surface area (Å²) in [6, 6.07) is 0. The molecular formula is C6H17OSi2. The van der Waals surface area contributed by atoms with Crippen LogP contribution in [0.15, 0.2) is 0 Å². The molecule has 0 rings (SSSR count). The Morgan fingerprint density at radius 2 is 1.67 bits per heavy atom. The van der Waals surface area contributed by atoms with E-state index in [4.69, 9.17) is 4.43 Å². The molecule has 0 heterocycles. The summed E-state index contributed by atoms with van der Waals surface area (Å²) in [4.78, 5) is 0. The monoisotopic (exact) mass is 161 g/mol. The average molecular weight is 161 g/mol. The second-order valence-electron chi connectivity index (χ2n) is 3.76. The second-order valence-corrected chi connectivity index (χ2v) is 11.3. The zero-order chi connectivity index (χ0) is 7.49. The molecule has 0 atom stereocenters. The normalized spacial score (nSPS) is 12.7. The predicted molar refractivity (Wildman–Crippen MR) is 46.8 cm³/mol. The third-order valence-corrected chi connectivity index (χ3v) is 2.81. The van der Waals surface area contributed by atoms with E-state index in [1.165, 1.54) is 0 Å². The third kappa shape index (κ3) is 8.39. The topological polar surface area (TPSA) is 9.23 Å². The molecule has 0 spiro atoms. The van der Waals surface area contributed by atoms with Crippen LogP contribution in [0.1, 0.15) is 0 Å². The van der Waals surface area contributed by atoms with E-state index in [1.807, 2.05) is 0 Å². The van der Waals surface area contributed by atoms with Crippen molar-refractivity contribution in [2.75, 3.05) is 6.23 Å². The Morgan fingerprint density at radius 3 is 1.78 bits per heavy atom. The molecule has 0 fully saturated rings. The molecule has 9 heavy (non-hydrogen) atoms. The van der Waals surface area contributed by atoms with E-state index in [-0.39, 0.29) is 0 Å². The molecule has 0 aromatic carbocycles. The molecule has 0 saturated heterocycles. The van der Waals surface area contributed by atoms with Gasteiger partial charge in [0.05, 0.1) is 8.07 Å². The number of rotatable bonds is 3. The summed E-state index contributed by atoms with van der Waals surface area (Å²) in [5.74, 6) is 0. The highest BCUT2D eigenvalue weighted by molar-refractivity contribution is 6.76. The van der Waals surface area contributed by atoms with Crippen molar-refractivity contribution < 1.29 is 4.43 Å². The van der Waals surface area contributed by atoms with Crippen LogP contribution in [0.3, 0.4) is 0 Å². The van der Waals surface area contributed by atoms with Crippen molar-refractivity contribution >= 4 is 17.1 Å². The van der Waals surface area contributed by atoms with Gasteiger partial charge in [0.1, 0.15) is 0 Å². The standard InChI is InChI=1S/C6H17OSi2/c1-8(2)7-6-9(3,4)5/h6H2,1-5H3. The lowest BCUT2D eigenvalue weighted by Gasteiger charge is -2.17. The first kappa shape index (κ1) is 9.39. The van der Waals surface area contributed by atoms with Gasteiger partial charge in [-0.25, -0.2) is 0 Å². The molecule has 0 amide bonds. The maximum atomic E-state index is 5.57. The largest absolute Gasteiger partial charge is 0.420 e. The molecule has 0 aliphatic carbocycles. The maximum absolute atomic E-state index is 5.57. The van der Waals surface area contributed by atoms with Gasteiger partial charge in [-0.1, -0.05) is 19.6 Å². The van der Waals surface area contributed by atoms with Crippen molar-refractivity contribution in [3.8, 4) is 0 Å². The van der Waals surface area contributed by atoms with E-state index in [9.17, 15) is 0 Å². The van der Waals surface area contributed by atoms with Crippen molar-refractivity contribution in [2.45, 2.75) is 32.7 Å². The Kier molecular flexibility index (Phi) is 3.69. The molecule has 0 aromatic heterocycles. The van der Waals surface area contributed by atoms with E-state index in [2.05, 4.69) is 32.7 Å². The van der Waals surface area contributed by atoms with Crippen molar-refractivity contribution in [3.05, 3.63) is 0 Å². The Balaban J connectivity index is 3.28. The van der Waals surface area contributed by atoms with Gasteiger partial charge in [0.15, 0.2) is 0 Å². The molecular weight excluding hydrogens is 144 g/mol. The number of hydrogen-bond acceptors (Lipinski definition) is 1. The average Bonchev–Trinajstić information content (AvgIpc) is 1.59. The third-order valence-electron chi connectivity index (χ3n) is 0.794. The lowest BCUT2D eigenvalue weighted by molar-refractivity contribution is 0.391. The molecule has 0 unspecified atom stereocenters. The van der Waals surface area contributed by atoms with Gasteiger partial charge in [-0.15, -0.1) is 0 Å². The Labute approximate surface area is 61.2 Å². The highest BCUT2D eigenvalue weighted by Gasteiger charge is 2.13.